The molecule has 19 heavy (non-hydrogen) atoms. The van der Waals surface area contributed by atoms with Crippen LogP contribution in [0.15, 0.2) is 0 Å². The first-order chi connectivity index (χ1) is 8.74. The van der Waals surface area contributed by atoms with Gasteiger partial charge in [-0.05, 0) is 45.7 Å². The minimum atomic E-state index is -2.86. The van der Waals surface area contributed by atoms with Crippen LogP contribution in [0.2, 0.25) is 0 Å². The summed E-state index contributed by atoms with van der Waals surface area (Å²) in [6, 6.07) is 0.295. The second-order valence-electron chi connectivity index (χ2n) is 5.23. The Morgan fingerprint density at radius 1 is 1.37 bits per heavy atom. The number of likely N-dealkylation sites (N-methyl/N-ethyl adjacent to an activating group) is 1. The van der Waals surface area contributed by atoms with Gasteiger partial charge in [-0.2, -0.15) is 5.10 Å². The highest BCUT2D eigenvalue weighted by molar-refractivity contribution is 7.90. The summed E-state index contributed by atoms with van der Waals surface area (Å²) in [7, 11) is 1.01. The van der Waals surface area contributed by atoms with Gasteiger partial charge in [0, 0.05) is 30.8 Å². The quantitative estimate of drug-likeness (QED) is 0.812. The topological polar surface area (TPSA) is 64.0 Å². The molecule has 5 nitrogen and oxygen atoms in total. The summed E-state index contributed by atoms with van der Waals surface area (Å²) in [4.78, 5) is 0. The van der Waals surface area contributed by atoms with Crippen LogP contribution in [-0.2, 0) is 23.3 Å². The molecule has 0 amide bonds. The molecule has 0 aliphatic carbocycles. The van der Waals surface area contributed by atoms with Crippen LogP contribution < -0.4 is 5.32 Å². The summed E-state index contributed by atoms with van der Waals surface area (Å²) in [5.41, 5.74) is 3.51. The fraction of sp³-hybridized carbons (Fsp3) is 0.769. The van der Waals surface area contributed by atoms with Gasteiger partial charge in [0.05, 0.1) is 5.69 Å². The fourth-order valence-corrected chi connectivity index (χ4v) is 2.99. The van der Waals surface area contributed by atoms with Gasteiger partial charge < -0.3 is 5.32 Å². The van der Waals surface area contributed by atoms with Gasteiger partial charge in [-0.3, -0.25) is 4.68 Å². The van der Waals surface area contributed by atoms with Gasteiger partial charge in [0.25, 0.3) is 0 Å². The Bertz CT molecular complexity index is 520. The zero-order chi connectivity index (χ0) is 14.6. The predicted molar refractivity (Wildman–Crippen MR) is 78.2 cm³/mol. The van der Waals surface area contributed by atoms with E-state index >= 15 is 0 Å². The zero-order valence-corrected chi connectivity index (χ0v) is 13.3. The average Bonchev–Trinajstić information content (AvgIpc) is 2.52. The average molecular weight is 287 g/mol. The third kappa shape index (κ3) is 4.95. The second kappa shape index (κ2) is 6.52. The number of aryl methyl sites for hydroxylation is 2. The summed E-state index contributed by atoms with van der Waals surface area (Å²) in [5.74, 6) is 0.260. The van der Waals surface area contributed by atoms with Crippen molar-refractivity contribution in [1.82, 2.24) is 15.1 Å². The van der Waals surface area contributed by atoms with Crippen LogP contribution in [0.25, 0.3) is 0 Å². The highest BCUT2D eigenvalue weighted by atomic mass is 32.2. The van der Waals surface area contributed by atoms with Gasteiger partial charge in [0.2, 0.25) is 0 Å². The first kappa shape index (κ1) is 16.2. The molecule has 0 aromatic carbocycles. The summed E-state index contributed by atoms with van der Waals surface area (Å²) in [6.07, 6.45) is 3.74. The van der Waals surface area contributed by atoms with Crippen molar-refractivity contribution in [2.24, 2.45) is 7.05 Å². The van der Waals surface area contributed by atoms with Crippen LogP contribution >= 0.6 is 0 Å². The fourth-order valence-electron chi connectivity index (χ4n) is 2.30. The Kier molecular flexibility index (Phi) is 5.55. The number of sulfone groups is 1. The molecule has 110 valence electrons. The van der Waals surface area contributed by atoms with Gasteiger partial charge in [-0.1, -0.05) is 0 Å². The first-order valence-electron chi connectivity index (χ1n) is 6.58. The lowest BCUT2D eigenvalue weighted by atomic mass is 10.0. The van der Waals surface area contributed by atoms with Crippen LogP contribution in [-0.4, -0.2) is 43.3 Å². The third-order valence-corrected chi connectivity index (χ3v) is 4.62. The lowest BCUT2D eigenvalue weighted by Gasteiger charge is -2.16. The molecule has 0 aliphatic heterocycles. The largest absolute Gasteiger partial charge is 0.317 e. The lowest BCUT2D eigenvalue weighted by Crippen LogP contribution is -2.28. The summed E-state index contributed by atoms with van der Waals surface area (Å²) >= 11 is 0. The van der Waals surface area contributed by atoms with E-state index in [9.17, 15) is 8.42 Å². The minimum Gasteiger partial charge on any atom is -0.317 e. The number of hydrogen-bond donors (Lipinski definition) is 1. The summed E-state index contributed by atoms with van der Waals surface area (Å²) < 4.78 is 24.2. The maximum atomic E-state index is 11.1. The van der Waals surface area contributed by atoms with Crippen molar-refractivity contribution in [3.8, 4) is 0 Å². The van der Waals surface area contributed by atoms with E-state index < -0.39 is 9.84 Å². The highest BCUT2D eigenvalue weighted by Crippen LogP contribution is 2.16. The van der Waals surface area contributed by atoms with E-state index in [0.29, 0.717) is 12.5 Å². The predicted octanol–water partition coefficient (Wildman–Crippen LogP) is 0.992. The molecule has 0 aliphatic rings. The lowest BCUT2D eigenvalue weighted by molar-refractivity contribution is 0.509. The van der Waals surface area contributed by atoms with Crippen molar-refractivity contribution in [3.63, 3.8) is 0 Å². The first-order valence-corrected chi connectivity index (χ1v) is 8.64. The second-order valence-corrected chi connectivity index (χ2v) is 7.49. The van der Waals surface area contributed by atoms with E-state index in [1.54, 1.807) is 0 Å². The van der Waals surface area contributed by atoms with Crippen LogP contribution in [0.5, 0.6) is 0 Å². The van der Waals surface area contributed by atoms with E-state index in [1.807, 2.05) is 25.7 Å². The van der Waals surface area contributed by atoms with E-state index in [1.165, 1.54) is 17.5 Å². The van der Waals surface area contributed by atoms with Crippen molar-refractivity contribution in [1.29, 1.82) is 0 Å². The molecular weight excluding hydrogens is 262 g/mol. The molecule has 0 fully saturated rings. The maximum absolute atomic E-state index is 11.1. The molecular formula is C13H25N3O2S. The van der Waals surface area contributed by atoms with Gasteiger partial charge in [-0.25, -0.2) is 8.42 Å². The molecule has 1 N–H and O–H groups in total. The number of rotatable bonds is 7. The Morgan fingerprint density at radius 2 is 2.00 bits per heavy atom. The van der Waals surface area contributed by atoms with E-state index in [4.69, 9.17) is 0 Å². The number of aromatic nitrogens is 2. The molecule has 0 spiro atoms. The van der Waals surface area contributed by atoms with Crippen molar-refractivity contribution >= 4 is 9.84 Å². The summed E-state index contributed by atoms with van der Waals surface area (Å²) in [6.45, 7) is 4.09. The maximum Gasteiger partial charge on any atom is 0.147 e. The van der Waals surface area contributed by atoms with Crippen LogP contribution in [0, 0.1) is 13.8 Å². The number of nitrogens with one attached hydrogen (secondary N) is 1. The zero-order valence-electron chi connectivity index (χ0n) is 12.5. The molecule has 1 aromatic heterocycles. The third-order valence-electron chi connectivity index (χ3n) is 3.59. The van der Waals surface area contributed by atoms with E-state index in [2.05, 4.69) is 17.3 Å². The SMILES string of the molecule is CNC(CCCS(C)(=O)=O)Cc1c(C)nn(C)c1C. The van der Waals surface area contributed by atoms with Gasteiger partial charge in [-0.15, -0.1) is 0 Å². The molecule has 1 atom stereocenters. The molecule has 0 radical (unpaired) electrons. The summed E-state index contributed by atoms with van der Waals surface area (Å²) in [5, 5.41) is 7.68. The van der Waals surface area contributed by atoms with Crippen molar-refractivity contribution < 1.29 is 8.42 Å². The Morgan fingerprint density at radius 3 is 2.42 bits per heavy atom. The van der Waals surface area contributed by atoms with Gasteiger partial charge in [0.1, 0.15) is 9.84 Å². The molecule has 1 rings (SSSR count). The van der Waals surface area contributed by atoms with Crippen LogP contribution in [0.3, 0.4) is 0 Å². The number of hydrogen-bond acceptors (Lipinski definition) is 4. The highest BCUT2D eigenvalue weighted by Gasteiger charge is 2.15. The number of nitrogens with zero attached hydrogens (tertiary/aromatic N) is 2. The van der Waals surface area contributed by atoms with E-state index in [0.717, 1.165) is 18.5 Å². The van der Waals surface area contributed by atoms with Crippen molar-refractivity contribution in [2.75, 3.05) is 19.1 Å². The molecule has 0 saturated carbocycles. The molecule has 0 bridgehead atoms. The molecule has 0 saturated heterocycles. The molecule has 1 heterocycles. The Labute approximate surface area is 116 Å². The minimum absolute atomic E-state index is 0.260. The van der Waals surface area contributed by atoms with Gasteiger partial charge in [0.15, 0.2) is 0 Å². The molecule has 1 aromatic rings. The smallest absolute Gasteiger partial charge is 0.147 e. The monoisotopic (exact) mass is 287 g/mol. The van der Waals surface area contributed by atoms with Crippen molar-refractivity contribution in [2.45, 2.75) is 39.2 Å². The van der Waals surface area contributed by atoms with Crippen LogP contribution in [0.1, 0.15) is 29.8 Å². The Balaban J connectivity index is 2.62. The standard InChI is InChI=1S/C13H25N3O2S/c1-10-13(11(2)16(4)15-10)9-12(14-3)7-6-8-19(5,17)18/h12,14H,6-9H2,1-5H3. The van der Waals surface area contributed by atoms with Crippen molar-refractivity contribution in [3.05, 3.63) is 17.0 Å². The van der Waals surface area contributed by atoms with Gasteiger partial charge >= 0.3 is 0 Å². The molecule has 1 unspecified atom stereocenters. The van der Waals surface area contributed by atoms with Crippen LogP contribution in [0.4, 0.5) is 0 Å². The normalized spacial score (nSPS) is 13.7. The van der Waals surface area contributed by atoms with E-state index in [-0.39, 0.29) is 5.75 Å². The Hall–Kier alpha value is -0.880. The molecule has 6 heteroatoms.